The second-order valence-corrected chi connectivity index (χ2v) is 8.23. The number of carbonyl (C=O) groups excluding carboxylic acids is 2. The van der Waals surface area contributed by atoms with Crippen molar-refractivity contribution in [3.63, 3.8) is 0 Å². The number of aromatic amines is 1. The number of fused-ring (bicyclic) bond motifs is 1. The van der Waals surface area contributed by atoms with Crippen molar-refractivity contribution in [2.24, 2.45) is 0 Å². The first-order valence-corrected chi connectivity index (χ1v) is 10.7. The largest absolute Gasteiger partial charge is 0.323 e. The first-order chi connectivity index (χ1) is 15.3. The molecular formula is C22H18F2N4O3S. The molecule has 0 saturated carbocycles. The summed E-state index contributed by atoms with van der Waals surface area (Å²) in [6.07, 6.45) is -0.303. The van der Waals surface area contributed by atoms with Gasteiger partial charge in [0.05, 0.1) is 17.2 Å². The van der Waals surface area contributed by atoms with Gasteiger partial charge in [-0.05, 0) is 30.2 Å². The zero-order valence-electron chi connectivity index (χ0n) is 16.9. The average molecular weight is 456 g/mol. The molecule has 2 aromatic carbocycles. The number of aryl methyl sites for hydroxylation is 1. The molecule has 10 heteroatoms. The molecule has 7 nitrogen and oxygen atoms in total. The number of hydrogen-bond acceptors (Lipinski definition) is 5. The summed E-state index contributed by atoms with van der Waals surface area (Å²) in [5, 5.41) is 5.14. The first-order valence-electron chi connectivity index (χ1n) is 9.69. The third-order valence-corrected chi connectivity index (χ3v) is 5.98. The Hall–Kier alpha value is -3.53. The van der Waals surface area contributed by atoms with Crippen molar-refractivity contribution < 1.29 is 18.4 Å². The number of benzene rings is 2. The molecule has 164 valence electrons. The van der Waals surface area contributed by atoms with Crippen LogP contribution in [0.25, 0.3) is 0 Å². The SMILES string of the molecule is Cc1ccccc1CSc1nc2c(c(=O)[nH]1)C(C(=O)Nc1ccc(F)cc1F)CC(=O)N2. The van der Waals surface area contributed by atoms with Crippen molar-refractivity contribution in [3.05, 3.63) is 81.1 Å². The van der Waals surface area contributed by atoms with E-state index in [0.717, 1.165) is 23.3 Å². The fourth-order valence-electron chi connectivity index (χ4n) is 3.37. The standard InChI is InChI=1S/C22H18F2N4O3S/c1-11-4-2-3-5-12(11)10-32-22-27-19-18(21(31)28-22)14(9-17(29)26-19)20(30)25-16-7-6-13(23)8-15(16)24/h2-8,14H,9-10H2,1H3,(H,25,30)(H2,26,27,28,29,31). The average Bonchev–Trinajstić information content (AvgIpc) is 2.74. The summed E-state index contributed by atoms with van der Waals surface area (Å²) in [6, 6.07) is 10.5. The van der Waals surface area contributed by atoms with Crippen LogP contribution in [0.5, 0.6) is 0 Å². The number of halogens is 2. The zero-order chi connectivity index (χ0) is 22.8. The smallest absolute Gasteiger partial charge is 0.257 e. The van der Waals surface area contributed by atoms with Crippen LogP contribution in [0, 0.1) is 18.6 Å². The van der Waals surface area contributed by atoms with E-state index in [1.165, 1.54) is 11.8 Å². The number of carbonyl (C=O) groups is 2. The number of aromatic nitrogens is 2. The highest BCUT2D eigenvalue weighted by Crippen LogP contribution is 2.31. The van der Waals surface area contributed by atoms with Gasteiger partial charge in [-0.15, -0.1) is 0 Å². The lowest BCUT2D eigenvalue weighted by Gasteiger charge is -2.23. The number of amides is 2. The van der Waals surface area contributed by atoms with Crippen LogP contribution >= 0.6 is 11.8 Å². The Morgan fingerprint density at radius 1 is 1.22 bits per heavy atom. The summed E-state index contributed by atoms with van der Waals surface area (Å²) >= 11 is 1.29. The van der Waals surface area contributed by atoms with E-state index in [9.17, 15) is 23.2 Å². The van der Waals surface area contributed by atoms with Gasteiger partial charge in [0.1, 0.15) is 17.5 Å². The summed E-state index contributed by atoms with van der Waals surface area (Å²) in [7, 11) is 0. The van der Waals surface area contributed by atoms with Gasteiger partial charge in [-0.2, -0.15) is 0 Å². The van der Waals surface area contributed by atoms with Crippen LogP contribution in [0.15, 0.2) is 52.4 Å². The van der Waals surface area contributed by atoms with E-state index < -0.39 is 34.9 Å². The van der Waals surface area contributed by atoms with Crippen LogP contribution < -0.4 is 16.2 Å². The maximum Gasteiger partial charge on any atom is 0.257 e. The molecular weight excluding hydrogens is 438 g/mol. The Kier molecular flexibility index (Phi) is 6.04. The molecule has 0 aliphatic carbocycles. The highest BCUT2D eigenvalue weighted by atomic mass is 32.2. The fourth-order valence-corrected chi connectivity index (χ4v) is 4.31. The van der Waals surface area contributed by atoms with Gasteiger partial charge in [0.15, 0.2) is 5.16 Å². The summed E-state index contributed by atoms with van der Waals surface area (Å²) in [6.45, 7) is 1.98. The van der Waals surface area contributed by atoms with Gasteiger partial charge in [-0.25, -0.2) is 13.8 Å². The maximum absolute atomic E-state index is 13.9. The van der Waals surface area contributed by atoms with Crippen LogP contribution in [0.3, 0.4) is 0 Å². The van der Waals surface area contributed by atoms with Crippen molar-refractivity contribution in [3.8, 4) is 0 Å². The van der Waals surface area contributed by atoms with Crippen LogP contribution in [0.4, 0.5) is 20.3 Å². The van der Waals surface area contributed by atoms with Crippen molar-refractivity contribution in [1.82, 2.24) is 9.97 Å². The van der Waals surface area contributed by atoms with Gasteiger partial charge in [-0.1, -0.05) is 36.0 Å². The molecule has 0 fully saturated rings. The van der Waals surface area contributed by atoms with Crippen molar-refractivity contribution in [2.45, 2.75) is 30.2 Å². The highest BCUT2D eigenvalue weighted by Gasteiger charge is 2.35. The molecule has 1 unspecified atom stereocenters. The Morgan fingerprint density at radius 2 is 2.00 bits per heavy atom. The molecule has 0 spiro atoms. The van der Waals surface area contributed by atoms with Gasteiger partial charge < -0.3 is 15.6 Å². The quantitative estimate of drug-likeness (QED) is 0.401. The summed E-state index contributed by atoms with van der Waals surface area (Å²) in [4.78, 5) is 44.7. The Labute approximate surface area is 185 Å². The third kappa shape index (κ3) is 4.54. The molecule has 4 rings (SSSR count). The van der Waals surface area contributed by atoms with Crippen LogP contribution in [-0.2, 0) is 15.3 Å². The molecule has 1 aliphatic rings. The topological polar surface area (TPSA) is 104 Å². The van der Waals surface area contributed by atoms with E-state index in [4.69, 9.17) is 0 Å². The number of hydrogen-bond donors (Lipinski definition) is 3. The van der Waals surface area contributed by atoms with E-state index in [2.05, 4.69) is 20.6 Å². The van der Waals surface area contributed by atoms with E-state index in [-0.39, 0.29) is 23.5 Å². The lowest BCUT2D eigenvalue weighted by molar-refractivity contribution is -0.123. The summed E-state index contributed by atoms with van der Waals surface area (Å²) in [5.41, 5.74) is 1.34. The zero-order valence-corrected chi connectivity index (χ0v) is 17.7. The number of nitrogens with one attached hydrogen (secondary N) is 3. The molecule has 0 saturated heterocycles. The molecule has 2 heterocycles. The molecule has 0 bridgehead atoms. The van der Waals surface area contributed by atoms with Gasteiger partial charge in [0.25, 0.3) is 5.56 Å². The second-order valence-electron chi connectivity index (χ2n) is 7.27. The molecule has 3 N–H and O–H groups in total. The van der Waals surface area contributed by atoms with Crippen molar-refractivity contribution >= 4 is 35.1 Å². The third-order valence-electron chi connectivity index (χ3n) is 5.06. The minimum Gasteiger partial charge on any atom is -0.323 e. The van der Waals surface area contributed by atoms with E-state index >= 15 is 0 Å². The Morgan fingerprint density at radius 3 is 2.75 bits per heavy atom. The number of nitrogens with zero attached hydrogens (tertiary/aromatic N) is 1. The van der Waals surface area contributed by atoms with Gasteiger partial charge in [-0.3, -0.25) is 14.4 Å². The van der Waals surface area contributed by atoms with Crippen molar-refractivity contribution in [2.75, 3.05) is 10.6 Å². The fraction of sp³-hybridized carbons (Fsp3) is 0.182. The molecule has 3 aromatic rings. The van der Waals surface area contributed by atoms with Crippen LogP contribution in [0.1, 0.15) is 29.0 Å². The lowest BCUT2D eigenvalue weighted by Crippen LogP contribution is -2.36. The number of anilines is 2. The molecule has 1 aliphatic heterocycles. The lowest BCUT2D eigenvalue weighted by atomic mass is 9.92. The molecule has 2 amide bonds. The monoisotopic (exact) mass is 456 g/mol. The maximum atomic E-state index is 13.9. The van der Waals surface area contributed by atoms with Gasteiger partial charge >= 0.3 is 0 Å². The molecule has 1 aromatic heterocycles. The summed E-state index contributed by atoms with van der Waals surface area (Å²) in [5.74, 6) is -3.64. The van der Waals surface area contributed by atoms with E-state index in [0.29, 0.717) is 17.0 Å². The predicted molar refractivity (Wildman–Crippen MR) is 117 cm³/mol. The summed E-state index contributed by atoms with van der Waals surface area (Å²) < 4.78 is 27.0. The molecule has 32 heavy (non-hydrogen) atoms. The predicted octanol–water partition coefficient (Wildman–Crippen LogP) is 3.71. The van der Waals surface area contributed by atoms with E-state index in [1.807, 2.05) is 31.2 Å². The number of thioether (sulfide) groups is 1. The number of rotatable bonds is 5. The normalized spacial score (nSPS) is 15.1. The molecule has 0 radical (unpaired) electrons. The Balaban J connectivity index is 1.59. The minimum absolute atomic E-state index is 0.00277. The van der Waals surface area contributed by atoms with Crippen molar-refractivity contribution in [1.29, 1.82) is 0 Å². The molecule has 1 atom stereocenters. The second kappa shape index (κ2) is 8.91. The van der Waals surface area contributed by atoms with Gasteiger partial charge in [0, 0.05) is 18.2 Å². The van der Waals surface area contributed by atoms with E-state index in [1.54, 1.807) is 0 Å². The highest BCUT2D eigenvalue weighted by molar-refractivity contribution is 7.98. The first kappa shape index (κ1) is 21.7. The number of H-pyrrole nitrogens is 1. The Bertz CT molecular complexity index is 1280. The minimum atomic E-state index is -1.17. The van der Waals surface area contributed by atoms with Crippen LogP contribution in [0.2, 0.25) is 0 Å². The van der Waals surface area contributed by atoms with Gasteiger partial charge in [0.2, 0.25) is 11.8 Å². The van der Waals surface area contributed by atoms with Crippen LogP contribution in [-0.4, -0.2) is 21.8 Å².